The number of thiophene rings is 1. The van der Waals surface area contributed by atoms with Crippen LogP contribution in [0, 0.1) is 6.92 Å². The van der Waals surface area contributed by atoms with E-state index in [1.165, 1.54) is 11.3 Å². The van der Waals surface area contributed by atoms with Gasteiger partial charge >= 0.3 is 0 Å². The Morgan fingerprint density at radius 3 is 2.85 bits per heavy atom. The first kappa shape index (κ1) is 8.78. The summed E-state index contributed by atoms with van der Waals surface area (Å²) in [6.07, 6.45) is 0.910. The van der Waals surface area contributed by atoms with E-state index in [1.54, 1.807) is 0 Å². The molecule has 13 heavy (non-hydrogen) atoms. The molecule has 0 fully saturated rings. The molecule has 2 aromatic rings. The third-order valence-electron chi connectivity index (χ3n) is 2.08. The molecular formula is C10H8OS2. The summed E-state index contributed by atoms with van der Waals surface area (Å²) in [6.45, 7) is 1.96. The number of thiol groups is 1. The predicted octanol–water partition coefficient (Wildman–Crippen LogP) is 3.31. The summed E-state index contributed by atoms with van der Waals surface area (Å²) in [4.78, 5) is 12.4. The normalized spacial score (nSPS) is 10.6. The van der Waals surface area contributed by atoms with E-state index in [1.807, 2.05) is 25.1 Å². The van der Waals surface area contributed by atoms with E-state index in [9.17, 15) is 4.79 Å². The molecule has 0 aliphatic rings. The van der Waals surface area contributed by atoms with Crippen molar-refractivity contribution in [1.82, 2.24) is 0 Å². The van der Waals surface area contributed by atoms with Gasteiger partial charge in [-0.1, -0.05) is 6.07 Å². The summed E-state index contributed by atoms with van der Waals surface area (Å²) in [7, 11) is 0. The van der Waals surface area contributed by atoms with E-state index in [0.717, 1.165) is 31.7 Å². The molecule has 0 N–H and O–H groups in total. The summed E-state index contributed by atoms with van der Waals surface area (Å²) >= 11 is 5.88. The van der Waals surface area contributed by atoms with Crippen molar-refractivity contribution < 1.29 is 4.79 Å². The molecule has 0 unspecified atom stereocenters. The fourth-order valence-corrected chi connectivity index (χ4v) is 2.91. The molecule has 1 aromatic carbocycles. The van der Waals surface area contributed by atoms with Gasteiger partial charge < -0.3 is 0 Å². The number of aryl methyl sites for hydroxylation is 1. The molecule has 0 amide bonds. The zero-order valence-corrected chi connectivity index (χ0v) is 8.78. The van der Waals surface area contributed by atoms with Crippen molar-refractivity contribution in [3.8, 4) is 0 Å². The molecule has 1 heterocycles. The zero-order chi connectivity index (χ0) is 9.42. The summed E-state index contributed by atoms with van der Waals surface area (Å²) in [5.74, 6) is 0. The number of carbonyl (C=O) groups excluding carboxylic acids is 1. The molecule has 3 heteroatoms. The van der Waals surface area contributed by atoms with Gasteiger partial charge in [0.15, 0.2) is 6.29 Å². The van der Waals surface area contributed by atoms with Crippen molar-refractivity contribution in [2.45, 2.75) is 11.8 Å². The first-order valence-electron chi connectivity index (χ1n) is 3.90. The van der Waals surface area contributed by atoms with Gasteiger partial charge in [-0.3, -0.25) is 4.79 Å². The minimum absolute atomic E-state index is 0.802. The van der Waals surface area contributed by atoms with Crippen LogP contribution < -0.4 is 0 Å². The van der Waals surface area contributed by atoms with Crippen molar-refractivity contribution in [2.24, 2.45) is 0 Å². The molecule has 0 atom stereocenters. The molecule has 0 spiro atoms. The highest BCUT2D eigenvalue weighted by atomic mass is 32.1. The van der Waals surface area contributed by atoms with Gasteiger partial charge in [-0.15, -0.1) is 24.0 Å². The SMILES string of the molecule is Cc1c(C=O)sc2cccc(S)c12. The molecule has 0 saturated heterocycles. The minimum atomic E-state index is 0.802. The van der Waals surface area contributed by atoms with E-state index in [-0.39, 0.29) is 0 Å². The Labute approximate surface area is 85.8 Å². The van der Waals surface area contributed by atoms with Crippen LogP contribution in [0.3, 0.4) is 0 Å². The van der Waals surface area contributed by atoms with Crippen molar-refractivity contribution in [3.63, 3.8) is 0 Å². The lowest BCUT2D eigenvalue weighted by Crippen LogP contribution is -1.76. The van der Waals surface area contributed by atoms with Crippen LogP contribution in [-0.2, 0) is 0 Å². The number of hydrogen-bond donors (Lipinski definition) is 1. The third-order valence-corrected chi connectivity index (χ3v) is 3.63. The van der Waals surface area contributed by atoms with Gasteiger partial charge in [0.1, 0.15) is 0 Å². The number of hydrogen-bond acceptors (Lipinski definition) is 3. The summed E-state index contributed by atoms with van der Waals surface area (Å²) in [5.41, 5.74) is 1.04. The Morgan fingerprint density at radius 1 is 1.46 bits per heavy atom. The van der Waals surface area contributed by atoms with Gasteiger partial charge in [0, 0.05) is 15.0 Å². The standard InChI is InChI=1S/C10H8OS2/c1-6-9(5-11)13-8-4-2-3-7(12)10(6)8/h2-5,12H,1H3. The molecule has 0 aliphatic heterocycles. The molecule has 0 aliphatic carbocycles. The van der Waals surface area contributed by atoms with Crippen LogP contribution in [0.5, 0.6) is 0 Å². The Balaban J connectivity index is 2.92. The molecule has 1 nitrogen and oxygen atoms in total. The lowest BCUT2D eigenvalue weighted by atomic mass is 10.1. The van der Waals surface area contributed by atoms with E-state index < -0.39 is 0 Å². The molecule has 2 rings (SSSR count). The molecule has 66 valence electrons. The number of fused-ring (bicyclic) bond motifs is 1. The fraction of sp³-hybridized carbons (Fsp3) is 0.100. The van der Waals surface area contributed by atoms with Gasteiger partial charge in [-0.25, -0.2) is 0 Å². The Morgan fingerprint density at radius 2 is 2.23 bits per heavy atom. The monoisotopic (exact) mass is 208 g/mol. The largest absolute Gasteiger partial charge is 0.297 e. The van der Waals surface area contributed by atoms with Crippen LogP contribution in [-0.4, -0.2) is 6.29 Å². The van der Waals surface area contributed by atoms with Crippen molar-refractivity contribution in [2.75, 3.05) is 0 Å². The first-order chi connectivity index (χ1) is 6.24. The van der Waals surface area contributed by atoms with Gasteiger partial charge in [0.2, 0.25) is 0 Å². The second kappa shape index (κ2) is 3.16. The topological polar surface area (TPSA) is 17.1 Å². The Kier molecular flexibility index (Phi) is 2.14. The predicted molar refractivity (Wildman–Crippen MR) is 59.2 cm³/mol. The van der Waals surface area contributed by atoms with Crippen LogP contribution >= 0.6 is 24.0 Å². The molecule has 0 saturated carbocycles. The van der Waals surface area contributed by atoms with E-state index >= 15 is 0 Å². The van der Waals surface area contributed by atoms with E-state index in [0.29, 0.717) is 0 Å². The zero-order valence-electron chi connectivity index (χ0n) is 7.07. The average molecular weight is 208 g/mol. The molecule has 0 bridgehead atoms. The van der Waals surface area contributed by atoms with Crippen molar-refractivity contribution in [3.05, 3.63) is 28.6 Å². The highest BCUT2D eigenvalue weighted by Gasteiger charge is 2.08. The highest BCUT2D eigenvalue weighted by molar-refractivity contribution is 7.80. The summed E-state index contributed by atoms with van der Waals surface area (Å²) in [6, 6.07) is 5.91. The fourth-order valence-electron chi connectivity index (χ4n) is 1.41. The average Bonchev–Trinajstić information content (AvgIpc) is 2.44. The number of aldehydes is 1. The van der Waals surface area contributed by atoms with E-state index in [4.69, 9.17) is 0 Å². The van der Waals surface area contributed by atoms with Gasteiger partial charge in [-0.05, 0) is 24.6 Å². The lowest BCUT2D eigenvalue weighted by molar-refractivity contribution is 0.112. The van der Waals surface area contributed by atoms with Crippen LogP contribution in [0.15, 0.2) is 23.1 Å². The summed E-state index contributed by atoms with van der Waals surface area (Å²) < 4.78 is 1.13. The van der Waals surface area contributed by atoms with E-state index in [2.05, 4.69) is 12.6 Å². The highest BCUT2D eigenvalue weighted by Crippen LogP contribution is 2.33. The van der Waals surface area contributed by atoms with Crippen molar-refractivity contribution in [1.29, 1.82) is 0 Å². The lowest BCUT2D eigenvalue weighted by Gasteiger charge is -1.95. The van der Waals surface area contributed by atoms with Crippen LogP contribution in [0.4, 0.5) is 0 Å². The maximum absolute atomic E-state index is 10.7. The third kappa shape index (κ3) is 1.28. The maximum Gasteiger partial charge on any atom is 0.160 e. The van der Waals surface area contributed by atoms with Crippen LogP contribution in [0.1, 0.15) is 15.2 Å². The number of benzene rings is 1. The summed E-state index contributed by atoms with van der Waals surface area (Å²) in [5, 5.41) is 1.11. The first-order valence-corrected chi connectivity index (χ1v) is 5.16. The van der Waals surface area contributed by atoms with Crippen LogP contribution in [0.2, 0.25) is 0 Å². The van der Waals surface area contributed by atoms with Gasteiger partial charge in [-0.2, -0.15) is 0 Å². The number of carbonyl (C=O) groups is 1. The second-order valence-corrected chi connectivity index (χ2v) is 4.43. The molecular weight excluding hydrogens is 200 g/mol. The maximum atomic E-state index is 10.7. The van der Waals surface area contributed by atoms with Gasteiger partial charge in [0.05, 0.1) is 4.88 Å². The van der Waals surface area contributed by atoms with Crippen molar-refractivity contribution >= 4 is 40.3 Å². The van der Waals surface area contributed by atoms with Gasteiger partial charge in [0.25, 0.3) is 0 Å². The Hall–Kier alpha value is -0.800. The smallest absolute Gasteiger partial charge is 0.160 e. The molecule has 0 radical (unpaired) electrons. The minimum Gasteiger partial charge on any atom is -0.297 e. The number of rotatable bonds is 1. The molecule has 1 aromatic heterocycles. The quantitative estimate of drug-likeness (QED) is 0.562. The second-order valence-electron chi connectivity index (χ2n) is 2.86. The van der Waals surface area contributed by atoms with Crippen LogP contribution in [0.25, 0.3) is 10.1 Å². The Bertz CT molecular complexity index is 471.